The van der Waals surface area contributed by atoms with Crippen LogP contribution in [0.3, 0.4) is 0 Å². The van der Waals surface area contributed by atoms with Crippen molar-refractivity contribution in [1.82, 2.24) is 0 Å². The molecule has 366 valence electrons. The molecule has 0 aromatic rings. The Labute approximate surface area is 376 Å². The number of hydrogen-bond acceptors (Lipinski definition) is 16. The van der Waals surface area contributed by atoms with Gasteiger partial charge in [0.05, 0.1) is 37.9 Å². The molecule has 0 radical (unpaired) electrons. The highest BCUT2D eigenvalue weighted by Crippen LogP contribution is 2.76. The molecule has 0 aromatic heterocycles. The van der Waals surface area contributed by atoms with Crippen molar-refractivity contribution in [1.29, 1.82) is 0 Å². The van der Waals surface area contributed by atoms with E-state index < -0.39 is 129 Å². The topological polar surface area (TPSA) is 275 Å². The molecule has 7 fully saturated rings. The molecule has 17 heteroatoms. The number of carboxylic acid groups (broad SMARTS) is 1. The smallest absolute Gasteiger partial charge is 0.310 e. The van der Waals surface area contributed by atoms with Crippen LogP contribution in [0.1, 0.15) is 113 Å². The lowest BCUT2D eigenvalue weighted by atomic mass is 9.33. The highest BCUT2D eigenvalue weighted by Gasteiger charge is 2.70. The molecule has 4 saturated carbocycles. The van der Waals surface area contributed by atoms with E-state index in [9.17, 15) is 55.9 Å². The van der Waals surface area contributed by atoms with E-state index in [4.69, 9.17) is 28.4 Å². The van der Waals surface area contributed by atoms with E-state index >= 15 is 0 Å². The summed E-state index contributed by atoms with van der Waals surface area (Å²) < 4.78 is 36.9. The second kappa shape index (κ2) is 16.9. The van der Waals surface area contributed by atoms with E-state index in [1.165, 1.54) is 5.57 Å². The van der Waals surface area contributed by atoms with Gasteiger partial charge >= 0.3 is 5.97 Å². The van der Waals surface area contributed by atoms with Gasteiger partial charge in [-0.3, -0.25) is 4.79 Å². The molecular weight excluding hydrogens is 836 g/mol. The number of aliphatic carboxylic acids is 1. The number of aliphatic hydroxyl groups excluding tert-OH is 8. The van der Waals surface area contributed by atoms with Gasteiger partial charge in [0.15, 0.2) is 18.9 Å². The van der Waals surface area contributed by atoms with Crippen LogP contribution in [0.25, 0.3) is 0 Å². The average Bonchev–Trinajstić information content (AvgIpc) is 3.52. The summed E-state index contributed by atoms with van der Waals surface area (Å²) in [6, 6.07) is 0. The van der Waals surface area contributed by atoms with Gasteiger partial charge in [-0.25, -0.2) is 0 Å². The number of carboxylic acids is 1. The van der Waals surface area contributed by atoms with Gasteiger partial charge in [0.2, 0.25) is 0 Å². The predicted molar refractivity (Wildman–Crippen MR) is 225 cm³/mol. The summed E-state index contributed by atoms with van der Waals surface area (Å²) in [5.74, 6) is -0.193. The summed E-state index contributed by atoms with van der Waals surface area (Å²) in [6.45, 7) is 13.4. The van der Waals surface area contributed by atoms with Crippen LogP contribution in [0.4, 0.5) is 0 Å². The van der Waals surface area contributed by atoms with Crippen molar-refractivity contribution in [2.45, 2.75) is 198 Å². The fourth-order valence-electron chi connectivity index (χ4n) is 14.9. The highest BCUT2D eigenvalue weighted by molar-refractivity contribution is 5.76. The van der Waals surface area contributed by atoms with Crippen LogP contribution in [-0.2, 0) is 33.2 Å². The second-order valence-electron chi connectivity index (χ2n) is 23.2. The Morgan fingerprint density at radius 1 is 0.719 bits per heavy atom. The maximum Gasteiger partial charge on any atom is 0.310 e. The van der Waals surface area contributed by atoms with Crippen LogP contribution in [0.2, 0.25) is 0 Å². The number of ether oxygens (including phenoxy) is 6. The molecule has 0 spiro atoms. The highest BCUT2D eigenvalue weighted by atomic mass is 16.8. The molecule has 10 N–H and O–H groups in total. The molecule has 21 atom stereocenters. The largest absolute Gasteiger partial charge is 0.481 e. The molecule has 0 aromatic carbocycles. The molecule has 0 unspecified atom stereocenters. The third-order valence-corrected chi connectivity index (χ3v) is 19.1. The van der Waals surface area contributed by atoms with Crippen molar-refractivity contribution in [3.63, 3.8) is 0 Å². The molecule has 8 aliphatic rings. The summed E-state index contributed by atoms with van der Waals surface area (Å²) in [6.07, 6.45) is -9.34. The Morgan fingerprint density at radius 2 is 1.36 bits per heavy atom. The zero-order valence-corrected chi connectivity index (χ0v) is 38.5. The molecule has 8 rings (SSSR count). The first kappa shape index (κ1) is 49.0. The van der Waals surface area contributed by atoms with Crippen molar-refractivity contribution < 1.29 is 84.3 Å². The van der Waals surface area contributed by atoms with Crippen LogP contribution in [0.5, 0.6) is 0 Å². The molecule has 3 aliphatic heterocycles. The van der Waals surface area contributed by atoms with Gasteiger partial charge in [-0.05, 0) is 109 Å². The van der Waals surface area contributed by atoms with E-state index in [1.54, 1.807) is 0 Å². The SMILES string of the molecule is CC1(C)CC[C@]2(C(=O)O)CC[C@]3(C)C(=CC[C@@H]4[C@@]5(C)CC[C@H](O[C@@H]6O[C@H](CO)[C@@H](O)[C@H](O[C@@H]7OC[C@](O)(CO)[C@H]7O)[C@H]6O[C@@H]6O[C@H](CO)[C@@H](O)[C@H](O)[C@H]6O)C(C)(C)[C@H]5CC[C@]43C)[C@@H]2C1. The van der Waals surface area contributed by atoms with Crippen molar-refractivity contribution in [2.24, 2.45) is 50.2 Å². The normalized spacial score (nSPS) is 53.3. The summed E-state index contributed by atoms with van der Waals surface area (Å²) >= 11 is 0. The summed E-state index contributed by atoms with van der Waals surface area (Å²) in [7, 11) is 0. The zero-order chi connectivity index (χ0) is 46.7. The van der Waals surface area contributed by atoms with Gasteiger partial charge in [0, 0.05) is 0 Å². The number of aliphatic hydroxyl groups is 9. The molecule has 64 heavy (non-hydrogen) atoms. The number of rotatable bonds is 10. The Balaban J connectivity index is 1.09. The Bertz CT molecular complexity index is 1760. The second-order valence-corrected chi connectivity index (χ2v) is 23.2. The lowest BCUT2D eigenvalue weighted by Crippen LogP contribution is -2.67. The van der Waals surface area contributed by atoms with Gasteiger partial charge in [-0.2, -0.15) is 0 Å². The van der Waals surface area contributed by atoms with Crippen LogP contribution in [-0.4, -0.2) is 169 Å². The van der Waals surface area contributed by atoms with Crippen LogP contribution in [0, 0.1) is 50.2 Å². The lowest BCUT2D eigenvalue weighted by molar-refractivity contribution is -0.389. The summed E-state index contributed by atoms with van der Waals surface area (Å²) in [5.41, 5.74) is -2.28. The van der Waals surface area contributed by atoms with Crippen molar-refractivity contribution in [3.8, 4) is 0 Å². The molecule has 3 heterocycles. The maximum absolute atomic E-state index is 13.2. The third kappa shape index (κ3) is 7.40. The van der Waals surface area contributed by atoms with Gasteiger partial charge in [0.1, 0.15) is 60.5 Å². The molecule has 17 nitrogen and oxygen atoms in total. The van der Waals surface area contributed by atoms with Crippen LogP contribution < -0.4 is 0 Å². The van der Waals surface area contributed by atoms with Gasteiger partial charge in [-0.1, -0.05) is 60.1 Å². The van der Waals surface area contributed by atoms with E-state index in [1.807, 2.05) is 0 Å². The molecule has 0 amide bonds. The first-order chi connectivity index (χ1) is 29.9. The van der Waals surface area contributed by atoms with Crippen LogP contribution in [0.15, 0.2) is 11.6 Å². The van der Waals surface area contributed by atoms with E-state index in [0.29, 0.717) is 25.2 Å². The molecule has 3 saturated heterocycles. The van der Waals surface area contributed by atoms with Gasteiger partial charge < -0.3 is 79.5 Å². The maximum atomic E-state index is 13.2. The minimum absolute atomic E-state index is 0.00319. The monoisotopic (exact) mass is 913 g/mol. The zero-order valence-electron chi connectivity index (χ0n) is 38.5. The number of allylic oxidation sites excluding steroid dienone is 2. The van der Waals surface area contributed by atoms with Crippen LogP contribution >= 0.6 is 0 Å². The Kier molecular flexibility index (Phi) is 13.0. The Hall–Kier alpha value is -1.39. The Morgan fingerprint density at radius 3 is 2.00 bits per heavy atom. The number of fused-ring (bicyclic) bond motifs is 7. The standard InChI is InChI=1S/C47H76O17/c1-41(2)14-16-46(40(56)57)17-15-44(6)23(24(46)18-41)8-9-28-43(5)12-11-29(42(3,4)27(43)10-13-45(28,44)7)62-38-35(64-37-33(54)32(53)30(51)25(19-48)60-37)34(31(52)26(20-49)61-38)63-39-36(55)47(58,21-50)22-59-39/h8,24-39,48-55,58H,9-22H2,1-7H3,(H,56,57)/t24-,25+,26+,27+,28+,29-,30+,31+,32-,33+,34-,35+,36-,37-,38-,39-,43-,44+,45+,46-,47+/m0/s1. The van der Waals surface area contributed by atoms with Crippen molar-refractivity contribution >= 4 is 5.97 Å². The van der Waals surface area contributed by atoms with E-state index in [0.717, 1.165) is 44.9 Å². The number of carbonyl (C=O) groups is 1. The van der Waals surface area contributed by atoms with Gasteiger partial charge in [-0.15, -0.1) is 0 Å². The fourth-order valence-corrected chi connectivity index (χ4v) is 14.9. The molecule has 0 bridgehead atoms. The minimum atomic E-state index is -2.09. The third-order valence-electron chi connectivity index (χ3n) is 19.1. The number of hydrogen-bond donors (Lipinski definition) is 10. The first-order valence-electron chi connectivity index (χ1n) is 23.7. The summed E-state index contributed by atoms with van der Waals surface area (Å²) in [5, 5.41) is 107. The quantitative estimate of drug-likeness (QED) is 0.109. The minimum Gasteiger partial charge on any atom is -0.481 e. The summed E-state index contributed by atoms with van der Waals surface area (Å²) in [4.78, 5) is 13.2. The van der Waals surface area contributed by atoms with Crippen molar-refractivity contribution in [2.75, 3.05) is 26.4 Å². The molecule has 5 aliphatic carbocycles. The average molecular weight is 913 g/mol. The predicted octanol–water partition coefficient (Wildman–Crippen LogP) is 1.35. The van der Waals surface area contributed by atoms with Crippen molar-refractivity contribution in [3.05, 3.63) is 11.6 Å². The first-order valence-corrected chi connectivity index (χ1v) is 23.7. The van der Waals surface area contributed by atoms with E-state index in [-0.39, 0.29) is 33.5 Å². The molecular formula is C47H76O17. The lowest BCUT2D eigenvalue weighted by Gasteiger charge is -2.71. The fraction of sp³-hybridized carbons (Fsp3) is 0.936. The van der Waals surface area contributed by atoms with Gasteiger partial charge in [0.25, 0.3) is 0 Å². The van der Waals surface area contributed by atoms with E-state index in [2.05, 4.69) is 54.5 Å².